The number of hydrogen-bond donors (Lipinski definition) is 1. The van der Waals surface area contributed by atoms with E-state index in [4.69, 9.17) is 0 Å². The molecule has 164 valence electrons. The molecule has 11 heteroatoms. The third-order valence-corrected chi connectivity index (χ3v) is 6.19. The van der Waals surface area contributed by atoms with E-state index < -0.39 is 6.17 Å². The first-order valence-electron chi connectivity index (χ1n) is 10.0. The summed E-state index contributed by atoms with van der Waals surface area (Å²) in [6, 6.07) is 18.2. The van der Waals surface area contributed by atoms with Crippen molar-refractivity contribution in [2.24, 2.45) is 7.05 Å². The van der Waals surface area contributed by atoms with Gasteiger partial charge in [-0.25, -0.2) is 14.6 Å². The molecule has 3 aromatic heterocycles. The van der Waals surface area contributed by atoms with Crippen molar-refractivity contribution < 1.29 is 4.92 Å². The number of fused-ring (bicyclic) bond motifs is 1. The van der Waals surface area contributed by atoms with Gasteiger partial charge < -0.3 is 9.88 Å². The van der Waals surface area contributed by atoms with E-state index in [1.165, 1.54) is 11.8 Å². The number of benzene rings is 2. The van der Waals surface area contributed by atoms with E-state index in [-0.39, 0.29) is 10.6 Å². The summed E-state index contributed by atoms with van der Waals surface area (Å²) in [5.41, 5.74) is 2.15. The number of hydrogen-bond acceptors (Lipinski definition) is 8. The molecule has 0 aliphatic carbocycles. The summed E-state index contributed by atoms with van der Waals surface area (Å²) in [6.07, 6.45) is 4.56. The quantitative estimate of drug-likeness (QED) is 0.284. The Bertz CT molecular complexity index is 1430. The third-order valence-electron chi connectivity index (χ3n) is 5.05. The van der Waals surface area contributed by atoms with Gasteiger partial charge in [-0.1, -0.05) is 29.5 Å². The van der Waals surface area contributed by atoms with Crippen molar-refractivity contribution in [3.8, 4) is 0 Å². The fraction of sp³-hybridized carbons (Fsp3) is 0.0909. The maximum absolute atomic E-state index is 12.0. The zero-order valence-corrected chi connectivity index (χ0v) is 18.3. The number of anilines is 1. The van der Waals surface area contributed by atoms with E-state index in [0.717, 1.165) is 11.0 Å². The summed E-state index contributed by atoms with van der Waals surface area (Å²) in [5.74, 6) is 0.608. The minimum Gasteiger partial charge on any atom is -0.345 e. The van der Waals surface area contributed by atoms with Crippen LogP contribution in [-0.4, -0.2) is 34.5 Å². The van der Waals surface area contributed by atoms with Crippen LogP contribution in [0.25, 0.3) is 11.0 Å². The van der Waals surface area contributed by atoms with E-state index in [1.807, 2.05) is 60.1 Å². The van der Waals surface area contributed by atoms with Crippen LogP contribution in [0.4, 0.5) is 11.5 Å². The highest BCUT2D eigenvalue weighted by Gasteiger charge is 2.24. The number of para-hydroxylation sites is 1. The lowest BCUT2D eigenvalue weighted by Crippen LogP contribution is -2.21. The van der Waals surface area contributed by atoms with E-state index in [0.29, 0.717) is 21.4 Å². The molecular weight excluding hydrogens is 440 g/mol. The maximum atomic E-state index is 12.0. The Morgan fingerprint density at radius 2 is 1.91 bits per heavy atom. The van der Waals surface area contributed by atoms with Gasteiger partial charge in [-0.3, -0.25) is 10.1 Å². The summed E-state index contributed by atoms with van der Waals surface area (Å²) in [7, 11) is 1.85. The second kappa shape index (κ2) is 8.71. The smallest absolute Gasteiger partial charge is 0.283 e. The zero-order valence-electron chi connectivity index (χ0n) is 17.4. The Morgan fingerprint density at radius 3 is 2.67 bits per heavy atom. The Labute approximate surface area is 192 Å². The lowest BCUT2D eigenvalue weighted by Gasteiger charge is -2.21. The first-order valence-corrected chi connectivity index (χ1v) is 10.8. The molecule has 0 saturated carbocycles. The van der Waals surface area contributed by atoms with Crippen LogP contribution >= 0.6 is 11.8 Å². The van der Waals surface area contributed by atoms with Crippen molar-refractivity contribution in [3.05, 3.63) is 94.9 Å². The number of rotatable bonds is 7. The largest absolute Gasteiger partial charge is 0.345 e. The Kier molecular flexibility index (Phi) is 5.45. The second-order valence-corrected chi connectivity index (χ2v) is 8.20. The summed E-state index contributed by atoms with van der Waals surface area (Å²) in [5, 5.41) is 24.5. The molecule has 0 aliphatic heterocycles. The van der Waals surface area contributed by atoms with E-state index in [9.17, 15) is 10.1 Å². The number of imidazole rings is 1. The van der Waals surface area contributed by atoms with E-state index in [1.54, 1.807) is 35.4 Å². The fourth-order valence-corrected chi connectivity index (χ4v) is 4.32. The lowest BCUT2D eigenvalue weighted by molar-refractivity contribution is -0.387. The predicted octanol–water partition coefficient (Wildman–Crippen LogP) is 4.28. The van der Waals surface area contributed by atoms with Crippen molar-refractivity contribution in [3.63, 3.8) is 0 Å². The van der Waals surface area contributed by atoms with Crippen molar-refractivity contribution >= 4 is 34.3 Å². The monoisotopic (exact) mass is 458 g/mol. The van der Waals surface area contributed by atoms with E-state index >= 15 is 0 Å². The molecule has 0 fully saturated rings. The second-order valence-electron chi connectivity index (χ2n) is 7.19. The van der Waals surface area contributed by atoms with E-state index in [2.05, 4.69) is 25.6 Å². The van der Waals surface area contributed by atoms with Gasteiger partial charge in [0.05, 0.1) is 15.3 Å². The van der Waals surface area contributed by atoms with Gasteiger partial charge in [0, 0.05) is 37.3 Å². The number of aromatic nitrogens is 6. The van der Waals surface area contributed by atoms with Crippen LogP contribution in [-0.2, 0) is 7.05 Å². The van der Waals surface area contributed by atoms with Crippen molar-refractivity contribution in [1.29, 1.82) is 0 Å². The fourth-order valence-electron chi connectivity index (χ4n) is 3.43. The third kappa shape index (κ3) is 4.13. The number of pyridine rings is 1. The van der Waals surface area contributed by atoms with Gasteiger partial charge in [0.1, 0.15) is 17.5 Å². The van der Waals surface area contributed by atoms with Gasteiger partial charge in [-0.15, -0.1) is 5.10 Å². The number of nitrogens with one attached hydrogen (secondary N) is 1. The molecule has 0 amide bonds. The number of nitro benzene ring substituents is 1. The lowest BCUT2D eigenvalue weighted by atomic mass is 10.1. The molecule has 5 aromatic rings. The summed E-state index contributed by atoms with van der Waals surface area (Å²) in [4.78, 5) is 20.7. The van der Waals surface area contributed by atoms with Crippen LogP contribution in [0.15, 0.2) is 89.3 Å². The average molecular weight is 459 g/mol. The summed E-state index contributed by atoms with van der Waals surface area (Å²) in [6.45, 7) is 0. The molecular formula is C22H18N8O2S. The van der Waals surface area contributed by atoms with Crippen LogP contribution in [0.1, 0.15) is 11.7 Å². The van der Waals surface area contributed by atoms with Gasteiger partial charge in [-0.2, -0.15) is 0 Å². The molecule has 0 bridgehead atoms. The molecule has 0 unspecified atom stereocenters. The average Bonchev–Trinajstić information content (AvgIpc) is 3.44. The molecule has 0 aliphatic rings. The molecule has 3 heterocycles. The topological polar surface area (TPSA) is 117 Å². The van der Waals surface area contributed by atoms with Crippen LogP contribution in [0, 0.1) is 10.1 Å². The highest BCUT2D eigenvalue weighted by Crippen LogP contribution is 2.36. The van der Waals surface area contributed by atoms with Crippen LogP contribution < -0.4 is 5.32 Å². The van der Waals surface area contributed by atoms with Crippen LogP contribution in [0.2, 0.25) is 0 Å². The van der Waals surface area contributed by atoms with Crippen molar-refractivity contribution in [2.45, 2.75) is 16.2 Å². The minimum atomic E-state index is -0.571. The molecule has 1 atom stereocenters. The molecule has 2 aromatic carbocycles. The van der Waals surface area contributed by atoms with Crippen LogP contribution in [0.3, 0.4) is 0 Å². The number of nitro groups is 1. The highest BCUT2D eigenvalue weighted by atomic mass is 32.2. The van der Waals surface area contributed by atoms with Crippen molar-refractivity contribution in [1.82, 2.24) is 29.5 Å². The van der Waals surface area contributed by atoms with Crippen LogP contribution in [0.5, 0.6) is 0 Å². The number of nitrogens with zero attached hydrogens (tertiary/aromatic N) is 7. The normalized spacial score (nSPS) is 12.0. The molecule has 1 N–H and O–H groups in total. The van der Waals surface area contributed by atoms with Gasteiger partial charge >= 0.3 is 0 Å². The first kappa shape index (κ1) is 20.6. The van der Waals surface area contributed by atoms with Gasteiger partial charge in [0.2, 0.25) is 0 Å². The SMILES string of the molecule is Cn1ccnc1Sc1ccc([C@H](Nc2ccccn2)n2nnc3ccccc32)cc1[N+](=O)[O-]. The van der Waals surface area contributed by atoms with Gasteiger partial charge in [0.25, 0.3) is 5.69 Å². The zero-order chi connectivity index (χ0) is 22.8. The van der Waals surface area contributed by atoms with Crippen molar-refractivity contribution in [2.75, 3.05) is 5.32 Å². The Hall–Kier alpha value is -4.25. The summed E-state index contributed by atoms with van der Waals surface area (Å²) >= 11 is 1.24. The molecule has 10 nitrogen and oxygen atoms in total. The molecule has 0 saturated heterocycles. The highest BCUT2D eigenvalue weighted by molar-refractivity contribution is 7.99. The Morgan fingerprint density at radius 1 is 1.06 bits per heavy atom. The van der Waals surface area contributed by atoms with Gasteiger partial charge in [0.15, 0.2) is 5.16 Å². The molecule has 33 heavy (non-hydrogen) atoms. The molecule has 0 radical (unpaired) electrons. The predicted molar refractivity (Wildman–Crippen MR) is 124 cm³/mol. The minimum absolute atomic E-state index is 0.0160. The molecule has 5 rings (SSSR count). The van der Waals surface area contributed by atoms with Gasteiger partial charge in [-0.05, 0) is 42.1 Å². The molecule has 0 spiro atoms. The number of aryl methyl sites for hydroxylation is 1. The standard InChI is InChI=1S/C22H18N8O2S/c1-28-13-12-24-22(28)33-19-10-9-15(14-18(19)30(31)32)21(25-20-8-4-5-11-23-20)29-17-7-3-2-6-16(17)26-27-29/h2-14,21H,1H3,(H,23,25)/t21-/m1/s1. The maximum Gasteiger partial charge on any atom is 0.283 e. The first-order chi connectivity index (χ1) is 16.1. The Balaban J connectivity index is 1.60. The summed E-state index contributed by atoms with van der Waals surface area (Å²) < 4.78 is 3.52.